The number of urea groups is 1. The number of likely N-dealkylation sites (tertiary alicyclic amines) is 1. The molecule has 0 aromatic heterocycles. The Labute approximate surface area is 126 Å². The molecule has 5 nitrogen and oxygen atoms in total. The Morgan fingerprint density at radius 3 is 2.33 bits per heavy atom. The molecule has 1 aromatic rings. The number of carbonyl (C=O) groups is 1. The van der Waals surface area contributed by atoms with E-state index in [1.165, 1.54) is 6.42 Å². The highest BCUT2D eigenvalue weighted by molar-refractivity contribution is 5.89. The molecule has 0 aliphatic carbocycles. The van der Waals surface area contributed by atoms with Gasteiger partial charge >= 0.3 is 6.03 Å². The number of ether oxygens (including phenoxy) is 2. The molecule has 2 rings (SSSR count). The molecule has 0 bridgehead atoms. The van der Waals surface area contributed by atoms with E-state index in [1.807, 2.05) is 11.0 Å². The number of carbonyl (C=O) groups excluding carboxylic acids is 1. The Morgan fingerprint density at radius 1 is 1.14 bits per heavy atom. The van der Waals surface area contributed by atoms with Crippen molar-refractivity contribution in [3.05, 3.63) is 18.2 Å². The lowest BCUT2D eigenvalue weighted by molar-refractivity contribution is 0.156. The molecule has 1 N–H and O–H groups in total. The Bertz CT molecular complexity index is 494. The average Bonchev–Trinajstić information content (AvgIpc) is 2.46. The van der Waals surface area contributed by atoms with Crippen LogP contribution < -0.4 is 14.8 Å². The van der Waals surface area contributed by atoms with Crippen LogP contribution in [0.15, 0.2) is 18.2 Å². The number of anilines is 1. The smallest absolute Gasteiger partial charge is 0.321 e. The lowest BCUT2D eigenvalue weighted by Crippen LogP contribution is -2.44. The molecule has 5 heteroatoms. The zero-order valence-electron chi connectivity index (χ0n) is 13.2. The van der Waals surface area contributed by atoms with Gasteiger partial charge in [0.1, 0.15) is 0 Å². The van der Waals surface area contributed by atoms with Gasteiger partial charge in [-0.25, -0.2) is 4.79 Å². The summed E-state index contributed by atoms with van der Waals surface area (Å²) in [7, 11) is 3.17. The van der Waals surface area contributed by atoms with Gasteiger partial charge in [0.25, 0.3) is 0 Å². The molecule has 1 aliphatic heterocycles. The first-order valence-corrected chi connectivity index (χ1v) is 7.31. The van der Waals surface area contributed by atoms with Crippen LogP contribution in [0.4, 0.5) is 10.5 Å². The first kappa shape index (κ1) is 15.5. The number of amides is 2. The fourth-order valence-electron chi connectivity index (χ4n) is 2.95. The summed E-state index contributed by atoms with van der Waals surface area (Å²) in [6, 6.07) is 5.32. The highest BCUT2D eigenvalue weighted by Gasteiger charge is 2.25. The van der Waals surface area contributed by atoms with E-state index >= 15 is 0 Å². The van der Waals surface area contributed by atoms with Crippen molar-refractivity contribution < 1.29 is 14.3 Å². The Balaban J connectivity index is 2.05. The van der Waals surface area contributed by atoms with Gasteiger partial charge in [0.2, 0.25) is 0 Å². The maximum atomic E-state index is 12.4. The number of benzene rings is 1. The molecule has 116 valence electrons. The van der Waals surface area contributed by atoms with E-state index < -0.39 is 0 Å². The van der Waals surface area contributed by atoms with Crippen LogP contribution in [0, 0.1) is 11.8 Å². The quantitative estimate of drug-likeness (QED) is 0.930. The van der Waals surface area contributed by atoms with Gasteiger partial charge in [-0.3, -0.25) is 0 Å². The van der Waals surface area contributed by atoms with E-state index in [-0.39, 0.29) is 6.03 Å². The lowest BCUT2D eigenvalue weighted by atomic mass is 9.92. The van der Waals surface area contributed by atoms with Gasteiger partial charge in [-0.1, -0.05) is 13.8 Å². The number of nitrogens with one attached hydrogen (secondary N) is 1. The minimum atomic E-state index is -0.0550. The predicted octanol–water partition coefficient (Wildman–Crippen LogP) is 3.21. The minimum absolute atomic E-state index is 0.0550. The molecule has 1 aliphatic rings. The Kier molecular flexibility index (Phi) is 4.94. The van der Waals surface area contributed by atoms with E-state index in [0.717, 1.165) is 13.1 Å². The zero-order valence-corrected chi connectivity index (χ0v) is 13.2. The highest BCUT2D eigenvalue weighted by atomic mass is 16.5. The number of nitrogens with zero attached hydrogens (tertiary/aromatic N) is 1. The average molecular weight is 292 g/mol. The van der Waals surface area contributed by atoms with Gasteiger partial charge in [0.15, 0.2) is 11.5 Å². The second-order valence-electron chi connectivity index (χ2n) is 5.85. The van der Waals surface area contributed by atoms with Crippen LogP contribution in [0.3, 0.4) is 0 Å². The fourth-order valence-corrected chi connectivity index (χ4v) is 2.95. The first-order valence-electron chi connectivity index (χ1n) is 7.31. The van der Waals surface area contributed by atoms with Crippen LogP contribution in [-0.4, -0.2) is 38.2 Å². The van der Waals surface area contributed by atoms with Crippen LogP contribution >= 0.6 is 0 Å². The molecule has 21 heavy (non-hydrogen) atoms. The van der Waals surface area contributed by atoms with Crippen molar-refractivity contribution in [1.29, 1.82) is 0 Å². The van der Waals surface area contributed by atoms with Crippen molar-refractivity contribution in [2.75, 3.05) is 32.6 Å². The maximum Gasteiger partial charge on any atom is 0.321 e. The molecule has 0 saturated carbocycles. The number of hydrogen-bond donors (Lipinski definition) is 1. The topological polar surface area (TPSA) is 50.8 Å². The molecule has 0 unspecified atom stereocenters. The van der Waals surface area contributed by atoms with Gasteiger partial charge < -0.3 is 19.7 Å². The summed E-state index contributed by atoms with van der Waals surface area (Å²) in [5.74, 6) is 2.35. The molecule has 2 amide bonds. The Morgan fingerprint density at radius 2 is 1.76 bits per heavy atom. The van der Waals surface area contributed by atoms with Crippen LogP contribution in [-0.2, 0) is 0 Å². The molecule has 1 aromatic carbocycles. The highest BCUT2D eigenvalue weighted by Crippen LogP contribution is 2.30. The van der Waals surface area contributed by atoms with Gasteiger partial charge in [-0.2, -0.15) is 0 Å². The third-order valence-electron chi connectivity index (χ3n) is 3.79. The predicted molar refractivity (Wildman–Crippen MR) is 83.1 cm³/mol. The number of methoxy groups -OCH3 is 2. The second kappa shape index (κ2) is 6.70. The van der Waals surface area contributed by atoms with Crippen LogP contribution in [0.25, 0.3) is 0 Å². The van der Waals surface area contributed by atoms with E-state index in [9.17, 15) is 4.79 Å². The Hall–Kier alpha value is -1.91. The standard InChI is InChI=1S/C16H24N2O3/c1-11-7-12(2)10-18(9-11)16(19)17-13-5-6-14(20-3)15(8-13)21-4/h5-6,8,11-12H,7,9-10H2,1-4H3,(H,17,19)/t11-,12+. The maximum absolute atomic E-state index is 12.4. The van der Waals surface area contributed by atoms with Gasteiger partial charge in [-0.05, 0) is 30.4 Å². The third-order valence-corrected chi connectivity index (χ3v) is 3.79. The summed E-state index contributed by atoms with van der Waals surface area (Å²) in [6.07, 6.45) is 1.18. The number of piperidine rings is 1. The molecule has 2 atom stereocenters. The monoisotopic (exact) mass is 292 g/mol. The molecule has 1 heterocycles. The second-order valence-corrected chi connectivity index (χ2v) is 5.85. The molecular weight excluding hydrogens is 268 g/mol. The van der Waals surface area contributed by atoms with Crippen molar-refractivity contribution in [2.24, 2.45) is 11.8 Å². The molecule has 0 spiro atoms. The molecule has 1 fully saturated rings. The fraction of sp³-hybridized carbons (Fsp3) is 0.562. The van der Waals surface area contributed by atoms with Crippen LogP contribution in [0.1, 0.15) is 20.3 Å². The van der Waals surface area contributed by atoms with E-state index in [4.69, 9.17) is 9.47 Å². The van der Waals surface area contributed by atoms with Crippen molar-refractivity contribution in [2.45, 2.75) is 20.3 Å². The van der Waals surface area contributed by atoms with E-state index in [2.05, 4.69) is 19.2 Å². The first-order chi connectivity index (χ1) is 10.0. The number of hydrogen-bond acceptors (Lipinski definition) is 3. The summed E-state index contributed by atoms with van der Waals surface area (Å²) in [5, 5.41) is 2.93. The van der Waals surface area contributed by atoms with E-state index in [1.54, 1.807) is 26.4 Å². The summed E-state index contributed by atoms with van der Waals surface area (Å²) < 4.78 is 10.4. The van der Waals surface area contributed by atoms with Gasteiger partial charge in [0.05, 0.1) is 14.2 Å². The van der Waals surface area contributed by atoms with Crippen molar-refractivity contribution in [3.63, 3.8) is 0 Å². The summed E-state index contributed by atoms with van der Waals surface area (Å²) in [5.41, 5.74) is 0.712. The summed E-state index contributed by atoms with van der Waals surface area (Å²) in [4.78, 5) is 14.2. The van der Waals surface area contributed by atoms with Crippen molar-refractivity contribution in [3.8, 4) is 11.5 Å². The summed E-state index contributed by atoms with van der Waals surface area (Å²) in [6.45, 7) is 5.99. The van der Waals surface area contributed by atoms with Crippen molar-refractivity contribution >= 4 is 11.7 Å². The zero-order chi connectivity index (χ0) is 15.4. The normalized spacial score (nSPS) is 21.8. The lowest BCUT2D eigenvalue weighted by Gasteiger charge is -2.34. The third kappa shape index (κ3) is 3.80. The van der Waals surface area contributed by atoms with Crippen LogP contribution in [0.2, 0.25) is 0 Å². The SMILES string of the molecule is COc1ccc(NC(=O)N2C[C@H](C)C[C@H](C)C2)cc1OC. The van der Waals surface area contributed by atoms with Crippen molar-refractivity contribution in [1.82, 2.24) is 4.90 Å². The van der Waals surface area contributed by atoms with Gasteiger partial charge in [-0.15, -0.1) is 0 Å². The largest absolute Gasteiger partial charge is 0.493 e. The molecule has 1 saturated heterocycles. The minimum Gasteiger partial charge on any atom is -0.493 e. The van der Waals surface area contributed by atoms with Crippen LogP contribution in [0.5, 0.6) is 11.5 Å². The molecule has 0 radical (unpaired) electrons. The van der Waals surface area contributed by atoms with Gasteiger partial charge in [0, 0.05) is 24.8 Å². The number of rotatable bonds is 3. The molecular formula is C16H24N2O3. The van der Waals surface area contributed by atoms with E-state index in [0.29, 0.717) is 29.0 Å². The summed E-state index contributed by atoms with van der Waals surface area (Å²) >= 11 is 0.